The van der Waals surface area contributed by atoms with E-state index in [-0.39, 0.29) is 12.0 Å². The van der Waals surface area contributed by atoms with Crippen molar-refractivity contribution in [2.24, 2.45) is 13.0 Å². The summed E-state index contributed by atoms with van der Waals surface area (Å²) in [6.07, 6.45) is 3.49. The number of nitrogens with zero attached hydrogens (tertiary/aromatic N) is 2. The molecule has 0 saturated heterocycles. The Morgan fingerprint density at radius 1 is 1.24 bits per heavy atom. The monoisotopic (exact) mass is 412 g/mol. The van der Waals surface area contributed by atoms with Gasteiger partial charge in [-0.2, -0.15) is 0 Å². The van der Waals surface area contributed by atoms with Crippen LogP contribution in [0, 0.1) is 12.8 Å². The fraction of sp³-hybridized carbons (Fsp3) is 0.391. The number of aromatic nitrogens is 2. The van der Waals surface area contributed by atoms with Gasteiger partial charge < -0.3 is 14.4 Å². The van der Waals surface area contributed by atoms with Crippen LogP contribution in [-0.4, -0.2) is 26.7 Å². The number of aryl methyl sites for hydroxylation is 2. The summed E-state index contributed by atoms with van der Waals surface area (Å²) in [5, 5.41) is 9.71. The zero-order valence-corrected chi connectivity index (χ0v) is 17.4. The lowest BCUT2D eigenvalue weighted by atomic mass is 9.87. The standard InChI is InChI=1S/C23H25ClN2O3/c1-14-4-3-5-15(10-14)11-22-25-19-13-21(18(24)12-20(19)26(22)2)29-17-8-6-16(7-9-17)23(27)28/h3-5,10,12-13,16-17H,6-9,11H2,1-2H3,(H,27,28)/t16-,17+. The highest BCUT2D eigenvalue weighted by atomic mass is 35.5. The molecule has 1 aliphatic carbocycles. The normalized spacial score (nSPS) is 19.4. The minimum absolute atomic E-state index is 0.00368. The van der Waals surface area contributed by atoms with Crippen LogP contribution in [0.25, 0.3) is 11.0 Å². The Bertz CT molecular complexity index is 1050. The number of imidazole rings is 1. The van der Waals surface area contributed by atoms with Gasteiger partial charge in [0.15, 0.2) is 0 Å². The molecule has 6 heteroatoms. The molecule has 3 aromatic rings. The highest BCUT2D eigenvalue weighted by molar-refractivity contribution is 6.32. The van der Waals surface area contributed by atoms with Gasteiger partial charge in [0.1, 0.15) is 11.6 Å². The van der Waals surface area contributed by atoms with E-state index in [0.29, 0.717) is 23.6 Å². The van der Waals surface area contributed by atoms with Crippen molar-refractivity contribution >= 4 is 28.6 Å². The minimum atomic E-state index is -0.711. The second kappa shape index (κ2) is 8.07. The molecule has 0 amide bonds. The molecule has 0 unspecified atom stereocenters. The summed E-state index contributed by atoms with van der Waals surface area (Å²) in [6, 6.07) is 12.2. The number of carboxylic acids is 1. The highest BCUT2D eigenvalue weighted by Crippen LogP contribution is 2.34. The number of ether oxygens (including phenoxy) is 1. The van der Waals surface area contributed by atoms with Crippen molar-refractivity contribution in [2.45, 2.75) is 45.1 Å². The van der Waals surface area contributed by atoms with Crippen molar-refractivity contribution in [1.29, 1.82) is 0 Å². The van der Waals surface area contributed by atoms with E-state index in [0.717, 1.165) is 36.1 Å². The molecule has 1 aliphatic rings. The molecule has 2 aromatic carbocycles. The SMILES string of the molecule is Cc1cccc(Cc2nc3cc(O[C@H]4CC[C@@H](C(=O)O)CC4)c(Cl)cc3n2C)c1. The van der Waals surface area contributed by atoms with Gasteiger partial charge >= 0.3 is 5.97 Å². The zero-order chi connectivity index (χ0) is 20.5. The van der Waals surface area contributed by atoms with Gasteiger partial charge in [0.25, 0.3) is 0 Å². The number of hydrogen-bond acceptors (Lipinski definition) is 3. The Hall–Kier alpha value is -2.53. The third kappa shape index (κ3) is 4.25. The first kappa shape index (κ1) is 19.8. The smallest absolute Gasteiger partial charge is 0.306 e. The maximum Gasteiger partial charge on any atom is 0.306 e. The molecule has 1 fully saturated rings. The second-order valence-electron chi connectivity index (χ2n) is 7.95. The molecule has 0 bridgehead atoms. The number of carboxylic acid groups (broad SMARTS) is 1. The molecular formula is C23H25ClN2O3. The van der Waals surface area contributed by atoms with Crippen LogP contribution in [-0.2, 0) is 18.3 Å². The third-order valence-corrected chi connectivity index (χ3v) is 6.08. The van der Waals surface area contributed by atoms with E-state index in [2.05, 4.69) is 35.8 Å². The van der Waals surface area contributed by atoms with Gasteiger partial charge in [-0.15, -0.1) is 0 Å². The van der Waals surface area contributed by atoms with Crippen molar-refractivity contribution in [2.75, 3.05) is 0 Å². The van der Waals surface area contributed by atoms with Gasteiger partial charge in [0.2, 0.25) is 0 Å². The van der Waals surface area contributed by atoms with Crippen LogP contribution in [0.2, 0.25) is 5.02 Å². The molecule has 1 saturated carbocycles. The maximum atomic E-state index is 11.1. The molecule has 1 heterocycles. The van der Waals surface area contributed by atoms with Gasteiger partial charge in [-0.05, 0) is 44.2 Å². The van der Waals surface area contributed by atoms with Crippen molar-refractivity contribution in [3.8, 4) is 5.75 Å². The molecular weight excluding hydrogens is 388 g/mol. The van der Waals surface area contributed by atoms with Crippen molar-refractivity contribution in [1.82, 2.24) is 9.55 Å². The number of benzene rings is 2. The van der Waals surface area contributed by atoms with E-state index in [1.807, 2.05) is 19.2 Å². The van der Waals surface area contributed by atoms with Crippen molar-refractivity contribution in [3.63, 3.8) is 0 Å². The molecule has 4 rings (SSSR count). The third-order valence-electron chi connectivity index (χ3n) is 5.79. The van der Waals surface area contributed by atoms with Crippen LogP contribution in [0.5, 0.6) is 5.75 Å². The summed E-state index contributed by atoms with van der Waals surface area (Å²) >= 11 is 6.50. The zero-order valence-electron chi connectivity index (χ0n) is 16.7. The van der Waals surface area contributed by atoms with Crippen LogP contribution in [0.15, 0.2) is 36.4 Å². The summed E-state index contributed by atoms with van der Waals surface area (Å²) in [5.74, 6) is 0.629. The number of aliphatic carboxylic acids is 1. The van der Waals surface area contributed by atoms with E-state index in [1.54, 1.807) is 0 Å². The van der Waals surface area contributed by atoms with Crippen LogP contribution in [0.4, 0.5) is 0 Å². The number of rotatable bonds is 5. The fourth-order valence-electron chi connectivity index (χ4n) is 4.10. The van der Waals surface area contributed by atoms with Crippen molar-refractivity contribution in [3.05, 3.63) is 58.4 Å². The summed E-state index contributed by atoms with van der Waals surface area (Å²) in [5.41, 5.74) is 4.28. The minimum Gasteiger partial charge on any atom is -0.489 e. The summed E-state index contributed by atoms with van der Waals surface area (Å²) < 4.78 is 8.21. The average Bonchev–Trinajstić information content (AvgIpc) is 2.97. The lowest BCUT2D eigenvalue weighted by Crippen LogP contribution is -2.27. The number of halogens is 1. The van der Waals surface area contributed by atoms with Gasteiger partial charge in [-0.1, -0.05) is 41.4 Å². The fourth-order valence-corrected chi connectivity index (χ4v) is 4.31. The Balaban J connectivity index is 1.54. The molecule has 0 aliphatic heterocycles. The first-order chi connectivity index (χ1) is 13.9. The Morgan fingerprint density at radius 3 is 2.69 bits per heavy atom. The van der Waals surface area contributed by atoms with Crippen molar-refractivity contribution < 1.29 is 14.6 Å². The first-order valence-corrected chi connectivity index (χ1v) is 10.4. The summed E-state index contributed by atoms with van der Waals surface area (Å²) in [7, 11) is 2.00. The molecule has 0 spiro atoms. The Morgan fingerprint density at radius 2 is 2.00 bits per heavy atom. The Kier molecular flexibility index (Phi) is 5.50. The number of fused-ring (bicyclic) bond motifs is 1. The van der Waals surface area contributed by atoms with Crippen LogP contribution in [0.1, 0.15) is 42.6 Å². The molecule has 0 radical (unpaired) electrons. The molecule has 0 atom stereocenters. The van der Waals surface area contributed by atoms with Gasteiger partial charge in [0.05, 0.1) is 28.1 Å². The first-order valence-electron chi connectivity index (χ1n) is 10.0. The van der Waals surface area contributed by atoms with Crippen LogP contribution < -0.4 is 4.74 Å². The average molecular weight is 413 g/mol. The summed E-state index contributed by atoms with van der Waals surface area (Å²) in [4.78, 5) is 15.9. The summed E-state index contributed by atoms with van der Waals surface area (Å²) in [6.45, 7) is 2.09. The Labute approximate surface area is 175 Å². The van der Waals surface area contributed by atoms with Crippen LogP contribution in [0.3, 0.4) is 0 Å². The second-order valence-corrected chi connectivity index (χ2v) is 8.36. The quantitative estimate of drug-likeness (QED) is 0.629. The van der Waals surface area contributed by atoms with E-state index >= 15 is 0 Å². The molecule has 152 valence electrons. The van der Waals surface area contributed by atoms with Gasteiger partial charge in [0, 0.05) is 19.5 Å². The topological polar surface area (TPSA) is 64.3 Å². The van der Waals surface area contributed by atoms with E-state index in [1.165, 1.54) is 11.1 Å². The maximum absolute atomic E-state index is 11.1. The van der Waals surface area contributed by atoms with Gasteiger partial charge in [-0.3, -0.25) is 4.79 Å². The highest BCUT2D eigenvalue weighted by Gasteiger charge is 2.27. The predicted molar refractivity (Wildman–Crippen MR) is 114 cm³/mol. The predicted octanol–water partition coefficient (Wildman–Crippen LogP) is 5.15. The van der Waals surface area contributed by atoms with Crippen LogP contribution >= 0.6 is 11.6 Å². The molecule has 1 N–H and O–H groups in total. The number of hydrogen-bond donors (Lipinski definition) is 1. The molecule has 1 aromatic heterocycles. The lowest BCUT2D eigenvalue weighted by molar-refractivity contribution is -0.143. The van der Waals surface area contributed by atoms with E-state index in [9.17, 15) is 4.79 Å². The lowest BCUT2D eigenvalue weighted by Gasteiger charge is -2.27. The van der Waals surface area contributed by atoms with E-state index < -0.39 is 5.97 Å². The van der Waals surface area contributed by atoms with E-state index in [4.69, 9.17) is 26.4 Å². The largest absolute Gasteiger partial charge is 0.489 e. The van der Waals surface area contributed by atoms with Gasteiger partial charge in [-0.25, -0.2) is 4.98 Å². The molecule has 29 heavy (non-hydrogen) atoms. The molecule has 5 nitrogen and oxygen atoms in total. The number of carbonyl (C=O) groups is 1.